The summed E-state index contributed by atoms with van der Waals surface area (Å²) in [7, 11) is 0. The van der Waals surface area contributed by atoms with Crippen molar-refractivity contribution in [2.45, 2.75) is 33.7 Å². The van der Waals surface area contributed by atoms with Crippen molar-refractivity contribution in [3.8, 4) is 0 Å². The molecule has 1 unspecified atom stereocenters. The maximum absolute atomic E-state index is 10.7. The van der Waals surface area contributed by atoms with E-state index in [2.05, 4.69) is 5.10 Å². The average Bonchev–Trinajstić information content (AvgIpc) is 2.40. The highest BCUT2D eigenvalue weighted by Gasteiger charge is 2.26. The van der Waals surface area contributed by atoms with Gasteiger partial charge in [0.2, 0.25) is 5.15 Å². The summed E-state index contributed by atoms with van der Waals surface area (Å²) in [5, 5.41) is 14.9. The Morgan fingerprint density at radius 2 is 2.00 bits per heavy atom. The van der Waals surface area contributed by atoms with Crippen LogP contribution in [0.1, 0.15) is 32.5 Å². The summed E-state index contributed by atoms with van der Waals surface area (Å²) in [5.74, 6) is 0.321. The van der Waals surface area contributed by atoms with E-state index < -0.39 is 4.92 Å². The molecule has 0 aliphatic rings. The zero-order valence-corrected chi connectivity index (χ0v) is 9.95. The van der Waals surface area contributed by atoms with Gasteiger partial charge in [0.25, 0.3) is 0 Å². The molecule has 0 aliphatic heterocycles. The molecule has 0 aliphatic carbocycles. The van der Waals surface area contributed by atoms with Crippen LogP contribution in [-0.2, 0) is 0 Å². The number of halogens is 1. The van der Waals surface area contributed by atoms with Crippen LogP contribution in [0.2, 0.25) is 5.15 Å². The third-order valence-corrected chi connectivity index (χ3v) is 2.88. The van der Waals surface area contributed by atoms with Crippen LogP contribution in [-0.4, -0.2) is 14.7 Å². The van der Waals surface area contributed by atoms with E-state index in [1.807, 2.05) is 20.8 Å². The molecule has 0 bridgehead atoms. The quantitative estimate of drug-likeness (QED) is 0.594. The summed E-state index contributed by atoms with van der Waals surface area (Å²) < 4.78 is 1.51. The Morgan fingerprint density at radius 3 is 2.33 bits per heavy atom. The lowest BCUT2D eigenvalue weighted by atomic mass is 10.1. The summed E-state index contributed by atoms with van der Waals surface area (Å²) in [6.45, 7) is 7.56. The predicted octanol–water partition coefficient (Wildman–Crippen LogP) is 2.97. The second-order valence-electron chi connectivity index (χ2n) is 3.91. The lowest BCUT2D eigenvalue weighted by Gasteiger charge is -2.16. The number of nitro groups is 1. The SMILES string of the molecule is Cc1nn(C(C)C(C)C)c(Cl)c1[N+](=O)[O-]. The predicted molar refractivity (Wildman–Crippen MR) is 58.2 cm³/mol. The number of aromatic nitrogens is 2. The second kappa shape index (κ2) is 4.18. The molecule has 0 saturated carbocycles. The Balaban J connectivity index is 3.23. The first kappa shape index (κ1) is 12.0. The van der Waals surface area contributed by atoms with Gasteiger partial charge in [0.1, 0.15) is 5.69 Å². The van der Waals surface area contributed by atoms with Crippen LogP contribution < -0.4 is 0 Å². The fraction of sp³-hybridized carbons (Fsp3) is 0.667. The summed E-state index contributed by atoms with van der Waals surface area (Å²) in [6.07, 6.45) is 0. The minimum atomic E-state index is -0.492. The van der Waals surface area contributed by atoms with Crippen molar-refractivity contribution in [1.29, 1.82) is 0 Å². The molecule has 0 amide bonds. The standard InChI is InChI=1S/C9H14ClN3O2/c1-5(2)7(4)12-9(10)8(13(14)15)6(3)11-12/h5,7H,1-4H3. The van der Waals surface area contributed by atoms with E-state index in [0.717, 1.165) is 0 Å². The molecule has 0 radical (unpaired) electrons. The van der Waals surface area contributed by atoms with Crippen molar-refractivity contribution in [2.24, 2.45) is 5.92 Å². The van der Waals surface area contributed by atoms with Crippen LogP contribution in [0.4, 0.5) is 5.69 Å². The molecule has 0 saturated heterocycles. The maximum atomic E-state index is 10.7. The summed E-state index contributed by atoms with van der Waals surface area (Å²) in [5.41, 5.74) is 0.265. The lowest BCUT2D eigenvalue weighted by molar-refractivity contribution is -0.385. The third kappa shape index (κ3) is 2.12. The number of hydrogen-bond donors (Lipinski definition) is 0. The maximum Gasteiger partial charge on any atom is 0.328 e. The van der Waals surface area contributed by atoms with Gasteiger partial charge in [0.15, 0.2) is 0 Å². The highest BCUT2D eigenvalue weighted by molar-refractivity contribution is 6.31. The first-order chi connectivity index (χ1) is 6.86. The van der Waals surface area contributed by atoms with Gasteiger partial charge in [0, 0.05) is 0 Å². The molecule has 0 spiro atoms. The van der Waals surface area contributed by atoms with Crippen LogP contribution in [0, 0.1) is 23.0 Å². The molecule has 0 N–H and O–H groups in total. The molecule has 0 fully saturated rings. The van der Waals surface area contributed by atoms with Gasteiger partial charge in [-0.3, -0.25) is 10.1 Å². The largest absolute Gasteiger partial charge is 0.328 e. The second-order valence-corrected chi connectivity index (χ2v) is 4.27. The molecule has 0 aromatic carbocycles. The first-order valence-corrected chi connectivity index (χ1v) is 5.13. The monoisotopic (exact) mass is 231 g/mol. The number of rotatable bonds is 3. The van der Waals surface area contributed by atoms with Gasteiger partial charge >= 0.3 is 5.69 Å². The van der Waals surface area contributed by atoms with Crippen LogP contribution in [0.3, 0.4) is 0 Å². The molecule has 84 valence electrons. The van der Waals surface area contributed by atoms with Gasteiger partial charge in [-0.15, -0.1) is 0 Å². The van der Waals surface area contributed by atoms with Gasteiger partial charge in [-0.25, -0.2) is 4.68 Å². The van der Waals surface area contributed by atoms with Crippen molar-refractivity contribution >= 4 is 17.3 Å². The molecule has 6 heteroatoms. The van der Waals surface area contributed by atoms with E-state index in [0.29, 0.717) is 11.6 Å². The normalized spacial score (nSPS) is 13.2. The average molecular weight is 232 g/mol. The van der Waals surface area contributed by atoms with Gasteiger partial charge < -0.3 is 0 Å². The van der Waals surface area contributed by atoms with E-state index >= 15 is 0 Å². The number of nitrogens with zero attached hydrogens (tertiary/aromatic N) is 3. The Morgan fingerprint density at radius 1 is 1.47 bits per heavy atom. The van der Waals surface area contributed by atoms with Crippen molar-refractivity contribution in [3.63, 3.8) is 0 Å². The molecule has 1 rings (SSSR count). The van der Waals surface area contributed by atoms with E-state index in [4.69, 9.17) is 11.6 Å². The summed E-state index contributed by atoms with van der Waals surface area (Å²) in [6, 6.07) is 0.0462. The van der Waals surface area contributed by atoms with E-state index in [-0.39, 0.29) is 16.9 Å². The summed E-state index contributed by atoms with van der Waals surface area (Å²) >= 11 is 5.92. The van der Waals surface area contributed by atoms with Crippen molar-refractivity contribution in [2.75, 3.05) is 0 Å². The Bertz CT molecular complexity index is 387. The van der Waals surface area contributed by atoms with Crippen LogP contribution in [0.5, 0.6) is 0 Å². The molecule has 1 atom stereocenters. The van der Waals surface area contributed by atoms with Gasteiger partial charge in [0.05, 0.1) is 11.0 Å². The first-order valence-electron chi connectivity index (χ1n) is 4.75. The Labute approximate surface area is 93.2 Å². The van der Waals surface area contributed by atoms with E-state index in [1.165, 1.54) is 4.68 Å². The van der Waals surface area contributed by atoms with Crippen molar-refractivity contribution in [3.05, 3.63) is 21.0 Å². The Hall–Kier alpha value is -1.10. The molecular formula is C9H14ClN3O2. The minimum absolute atomic E-state index is 0.0462. The zero-order valence-electron chi connectivity index (χ0n) is 9.19. The molecular weight excluding hydrogens is 218 g/mol. The number of hydrogen-bond acceptors (Lipinski definition) is 3. The molecule has 15 heavy (non-hydrogen) atoms. The summed E-state index contributed by atoms with van der Waals surface area (Å²) in [4.78, 5) is 10.2. The van der Waals surface area contributed by atoms with E-state index in [9.17, 15) is 10.1 Å². The van der Waals surface area contributed by atoms with Crippen molar-refractivity contribution < 1.29 is 4.92 Å². The highest BCUT2D eigenvalue weighted by Crippen LogP contribution is 2.31. The van der Waals surface area contributed by atoms with Crippen LogP contribution in [0.15, 0.2) is 0 Å². The van der Waals surface area contributed by atoms with Gasteiger partial charge in [-0.05, 0) is 19.8 Å². The minimum Gasteiger partial charge on any atom is -0.258 e. The number of aryl methyl sites for hydroxylation is 1. The van der Waals surface area contributed by atoms with Crippen molar-refractivity contribution in [1.82, 2.24) is 9.78 Å². The molecule has 1 aromatic rings. The lowest BCUT2D eigenvalue weighted by Crippen LogP contribution is -2.13. The van der Waals surface area contributed by atoms with Gasteiger partial charge in [-0.2, -0.15) is 5.10 Å². The highest BCUT2D eigenvalue weighted by atomic mass is 35.5. The molecule has 1 aromatic heterocycles. The topological polar surface area (TPSA) is 61.0 Å². The fourth-order valence-electron chi connectivity index (χ4n) is 1.27. The zero-order chi connectivity index (χ0) is 11.7. The van der Waals surface area contributed by atoms with Crippen LogP contribution >= 0.6 is 11.6 Å². The van der Waals surface area contributed by atoms with Gasteiger partial charge in [-0.1, -0.05) is 25.4 Å². The molecule has 5 nitrogen and oxygen atoms in total. The third-order valence-electron chi connectivity index (χ3n) is 2.53. The van der Waals surface area contributed by atoms with Crippen LogP contribution in [0.25, 0.3) is 0 Å². The Kier molecular flexibility index (Phi) is 3.34. The fourth-order valence-corrected chi connectivity index (χ4v) is 1.67. The smallest absolute Gasteiger partial charge is 0.258 e. The van der Waals surface area contributed by atoms with E-state index in [1.54, 1.807) is 6.92 Å². The molecule has 1 heterocycles.